The molecule has 0 aromatic heterocycles. The van der Waals surface area contributed by atoms with E-state index in [1.807, 2.05) is 6.07 Å². The third-order valence-electron chi connectivity index (χ3n) is 4.00. The first-order valence-electron chi connectivity index (χ1n) is 7.55. The third kappa shape index (κ3) is 3.60. The Morgan fingerprint density at radius 2 is 1.96 bits per heavy atom. The maximum Gasteiger partial charge on any atom is 0.229 e. The summed E-state index contributed by atoms with van der Waals surface area (Å²) in [6.07, 6.45) is 0.112. The average Bonchev–Trinajstić information content (AvgIpc) is 2.97. The van der Waals surface area contributed by atoms with Gasteiger partial charge < -0.3 is 10.2 Å². The van der Waals surface area contributed by atoms with Crippen LogP contribution in [0.5, 0.6) is 0 Å². The molecule has 0 radical (unpaired) electrons. The largest absolute Gasteiger partial charge is 0.326 e. The van der Waals surface area contributed by atoms with Crippen molar-refractivity contribution in [3.63, 3.8) is 0 Å². The number of benzene rings is 2. The van der Waals surface area contributed by atoms with Crippen LogP contribution in [-0.4, -0.2) is 18.4 Å². The van der Waals surface area contributed by atoms with E-state index in [1.54, 1.807) is 30.3 Å². The van der Waals surface area contributed by atoms with Gasteiger partial charge in [-0.25, -0.2) is 0 Å². The molecule has 0 spiro atoms. The first kappa shape index (κ1) is 17.3. The first-order chi connectivity index (χ1) is 12.0. The number of nitriles is 1. The number of hydrogen-bond acceptors (Lipinski definition) is 3. The Morgan fingerprint density at radius 3 is 2.64 bits per heavy atom. The molecule has 25 heavy (non-hydrogen) atoms. The zero-order valence-corrected chi connectivity index (χ0v) is 14.5. The van der Waals surface area contributed by atoms with Crippen molar-refractivity contribution in [2.75, 3.05) is 16.8 Å². The van der Waals surface area contributed by atoms with E-state index in [-0.39, 0.29) is 29.8 Å². The Hall–Kier alpha value is -2.55. The number of nitrogens with zero attached hydrogens (tertiary/aromatic N) is 2. The van der Waals surface area contributed by atoms with Gasteiger partial charge in [-0.2, -0.15) is 5.26 Å². The van der Waals surface area contributed by atoms with Gasteiger partial charge >= 0.3 is 0 Å². The molecule has 1 heterocycles. The Kier molecular flexibility index (Phi) is 4.93. The van der Waals surface area contributed by atoms with Crippen LogP contribution in [0.15, 0.2) is 42.5 Å². The molecule has 1 fully saturated rings. The van der Waals surface area contributed by atoms with Crippen LogP contribution in [0.4, 0.5) is 11.4 Å². The second kappa shape index (κ2) is 7.14. The minimum Gasteiger partial charge on any atom is -0.326 e. The number of para-hydroxylation sites is 1. The molecule has 1 unspecified atom stereocenters. The number of carbonyl (C=O) groups excluding carboxylic acids is 2. The predicted molar refractivity (Wildman–Crippen MR) is 96.7 cm³/mol. The highest BCUT2D eigenvalue weighted by Gasteiger charge is 2.35. The van der Waals surface area contributed by atoms with Gasteiger partial charge in [0.2, 0.25) is 11.8 Å². The number of nitrogens with one attached hydrogen (secondary N) is 1. The van der Waals surface area contributed by atoms with E-state index in [1.165, 1.54) is 17.0 Å². The van der Waals surface area contributed by atoms with E-state index in [0.717, 1.165) is 0 Å². The maximum absolute atomic E-state index is 12.5. The Bertz CT molecular complexity index is 892. The maximum atomic E-state index is 12.5. The molecule has 5 nitrogen and oxygen atoms in total. The summed E-state index contributed by atoms with van der Waals surface area (Å²) in [5.41, 5.74) is 1.42. The zero-order chi connectivity index (χ0) is 18.0. The van der Waals surface area contributed by atoms with Gasteiger partial charge in [-0.15, -0.1) is 0 Å². The fourth-order valence-corrected chi connectivity index (χ4v) is 3.18. The molecule has 1 atom stereocenters. The lowest BCUT2D eigenvalue weighted by Gasteiger charge is -2.18. The van der Waals surface area contributed by atoms with Crippen molar-refractivity contribution in [2.24, 2.45) is 5.92 Å². The van der Waals surface area contributed by atoms with Crippen LogP contribution in [0.2, 0.25) is 10.0 Å². The van der Waals surface area contributed by atoms with Gasteiger partial charge in [0, 0.05) is 18.7 Å². The van der Waals surface area contributed by atoms with Gasteiger partial charge in [0.1, 0.15) is 6.07 Å². The van der Waals surface area contributed by atoms with Crippen molar-refractivity contribution < 1.29 is 9.59 Å². The number of halogens is 2. The van der Waals surface area contributed by atoms with Gasteiger partial charge in [0.05, 0.1) is 27.2 Å². The molecule has 1 saturated heterocycles. The molecule has 1 aliphatic heterocycles. The van der Waals surface area contributed by atoms with Crippen LogP contribution >= 0.6 is 23.2 Å². The monoisotopic (exact) mass is 373 g/mol. The lowest BCUT2D eigenvalue weighted by atomic mass is 10.1. The van der Waals surface area contributed by atoms with E-state index < -0.39 is 5.92 Å². The van der Waals surface area contributed by atoms with Crippen LogP contribution < -0.4 is 10.2 Å². The van der Waals surface area contributed by atoms with Gasteiger partial charge in [0.15, 0.2) is 0 Å². The van der Waals surface area contributed by atoms with E-state index in [4.69, 9.17) is 28.5 Å². The summed E-state index contributed by atoms with van der Waals surface area (Å²) < 4.78 is 0. The molecule has 7 heteroatoms. The zero-order valence-electron chi connectivity index (χ0n) is 13.0. The molecule has 2 aromatic carbocycles. The molecule has 0 bridgehead atoms. The minimum atomic E-state index is -0.488. The normalized spacial score (nSPS) is 16.6. The fraction of sp³-hybridized carbons (Fsp3) is 0.167. The molecular weight excluding hydrogens is 361 g/mol. The van der Waals surface area contributed by atoms with Crippen LogP contribution in [0, 0.1) is 17.2 Å². The smallest absolute Gasteiger partial charge is 0.229 e. The van der Waals surface area contributed by atoms with E-state index in [0.29, 0.717) is 22.0 Å². The van der Waals surface area contributed by atoms with E-state index in [2.05, 4.69) is 5.32 Å². The van der Waals surface area contributed by atoms with Gasteiger partial charge in [-0.1, -0.05) is 35.3 Å². The third-order valence-corrected chi connectivity index (χ3v) is 4.63. The lowest BCUT2D eigenvalue weighted by molar-refractivity contribution is -0.122. The average molecular weight is 374 g/mol. The second-order valence-corrected chi connectivity index (χ2v) is 6.47. The molecule has 1 aliphatic rings. The predicted octanol–water partition coefficient (Wildman–Crippen LogP) is 3.86. The highest BCUT2D eigenvalue weighted by Crippen LogP contribution is 2.31. The molecule has 1 N–H and O–H groups in total. The van der Waals surface area contributed by atoms with Crippen LogP contribution in [0.1, 0.15) is 12.0 Å². The lowest BCUT2D eigenvalue weighted by Crippen LogP contribution is -2.28. The fourth-order valence-electron chi connectivity index (χ4n) is 2.71. The standard InChI is InChI=1S/C18H13Cl2N3O2/c19-14-3-1-2-4-16(14)23-10-12(7-17(23)24)18(25)22-13-6-5-11(9-21)15(20)8-13/h1-6,8,12H,7,10H2,(H,22,25). The van der Waals surface area contributed by atoms with Crippen LogP contribution in [-0.2, 0) is 9.59 Å². The number of anilines is 2. The summed E-state index contributed by atoms with van der Waals surface area (Å²) in [5, 5.41) is 12.3. The molecular formula is C18H13Cl2N3O2. The summed E-state index contributed by atoms with van der Waals surface area (Å²) in [7, 11) is 0. The summed E-state index contributed by atoms with van der Waals surface area (Å²) in [4.78, 5) is 26.2. The van der Waals surface area contributed by atoms with Crippen molar-refractivity contribution in [3.05, 3.63) is 58.1 Å². The SMILES string of the molecule is N#Cc1ccc(NC(=O)C2CC(=O)N(c3ccccc3Cl)C2)cc1Cl. The van der Waals surface area contributed by atoms with E-state index >= 15 is 0 Å². The highest BCUT2D eigenvalue weighted by atomic mass is 35.5. The number of hydrogen-bond donors (Lipinski definition) is 1. The second-order valence-electron chi connectivity index (χ2n) is 5.65. The van der Waals surface area contributed by atoms with Gasteiger partial charge in [0.25, 0.3) is 0 Å². The Balaban J connectivity index is 1.72. The van der Waals surface area contributed by atoms with Crippen molar-refractivity contribution >= 4 is 46.4 Å². The summed E-state index contributed by atoms with van der Waals surface area (Å²) in [5.74, 6) is -0.909. The summed E-state index contributed by atoms with van der Waals surface area (Å²) >= 11 is 12.1. The van der Waals surface area contributed by atoms with Crippen molar-refractivity contribution in [1.82, 2.24) is 0 Å². The highest BCUT2D eigenvalue weighted by molar-refractivity contribution is 6.34. The summed E-state index contributed by atoms with van der Waals surface area (Å²) in [6.45, 7) is 0.262. The van der Waals surface area contributed by atoms with Gasteiger partial charge in [-0.05, 0) is 30.3 Å². The van der Waals surface area contributed by atoms with Gasteiger partial charge in [-0.3, -0.25) is 9.59 Å². The summed E-state index contributed by atoms with van der Waals surface area (Å²) in [6, 6.07) is 13.6. The molecule has 0 saturated carbocycles. The molecule has 0 aliphatic carbocycles. The molecule has 3 rings (SSSR count). The number of rotatable bonds is 3. The Morgan fingerprint density at radius 1 is 1.20 bits per heavy atom. The molecule has 126 valence electrons. The minimum absolute atomic E-state index is 0.112. The first-order valence-corrected chi connectivity index (χ1v) is 8.30. The number of amides is 2. The van der Waals surface area contributed by atoms with Crippen molar-refractivity contribution in [1.29, 1.82) is 5.26 Å². The quantitative estimate of drug-likeness (QED) is 0.887. The van der Waals surface area contributed by atoms with Crippen molar-refractivity contribution in [2.45, 2.75) is 6.42 Å². The topological polar surface area (TPSA) is 73.2 Å². The number of carbonyl (C=O) groups is 2. The Labute approximate surface area is 154 Å². The van der Waals surface area contributed by atoms with Crippen molar-refractivity contribution in [3.8, 4) is 6.07 Å². The molecule has 2 aromatic rings. The van der Waals surface area contributed by atoms with Crippen LogP contribution in [0.25, 0.3) is 0 Å². The van der Waals surface area contributed by atoms with E-state index in [9.17, 15) is 9.59 Å². The molecule has 2 amide bonds. The van der Waals surface area contributed by atoms with Crippen LogP contribution in [0.3, 0.4) is 0 Å².